The summed E-state index contributed by atoms with van der Waals surface area (Å²) in [6.07, 6.45) is 8.52. The lowest BCUT2D eigenvalue weighted by Gasteiger charge is -2.26. The number of pyridine rings is 1. The van der Waals surface area contributed by atoms with Crippen molar-refractivity contribution in [2.75, 3.05) is 26.2 Å². The van der Waals surface area contributed by atoms with Crippen LogP contribution < -0.4 is 4.74 Å². The Bertz CT molecular complexity index is 767. The van der Waals surface area contributed by atoms with Crippen LogP contribution in [0.2, 0.25) is 0 Å². The Morgan fingerprint density at radius 3 is 2.56 bits per heavy atom. The minimum atomic E-state index is 0.0486. The third kappa shape index (κ3) is 4.52. The summed E-state index contributed by atoms with van der Waals surface area (Å²) in [5.74, 6) is 1.63. The smallest absolute Gasteiger partial charge is 0.126 e. The van der Waals surface area contributed by atoms with Gasteiger partial charge in [-0.05, 0) is 50.8 Å². The number of piperidine rings is 1. The molecule has 3 heterocycles. The standard InChI is InChI=1S/C22H32N4O/c1-22(2,3)21-14-19(24-25-21)18-13-20(17(15-23-18)16-7-8-16)27-12-11-26-9-5-4-6-10-26/h13-16H,4-12H2,1-3H3,(H,24,25). The van der Waals surface area contributed by atoms with Gasteiger partial charge in [0.2, 0.25) is 0 Å². The number of hydrogen-bond donors (Lipinski definition) is 1. The second-order valence-electron chi connectivity index (χ2n) is 9.05. The third-order valence-electron chi connectivity index (χ3n) is 5.67. The Labute approximate surface area is 162 Å². The summed E-state index contributed by atoms with van der Waals surface area (Å²) in [5.41, 5.74) is 4.22. The number of hydrogen-bond acceptors (Lipinski definition) is 4. The fourth-order valence-electron chi connectivity index (χ4n) is 3.72. The highest BCUT2D eigenvalue weighted by Crippen LogP contribution is 2.44. The van der Waals surface area contributed by atoms with Crippen LogP contribution in [0.1, 0.15) is 70.1 Å². The minimum absolute atomic E-state index is 0.0486. The average molecular weight is 369 g/mol. The number of aromatic nitrogens is 3. The van der Waals surface area contributed by atoms with Crippen molar-refractivity contribution in [3.8, 4) is 17.1 Å². The summed E-state index contributed by atoms with van der Waals surface area (Å²) in [6, 6.07) is 4.20. The van der Waals surface area contributed by atoms with Crippen molar-refractivity contribution in [2.45, 2.75) is 64.2 Å². The van der Waals surface area contributed by atoms with Gasteiger partial charge in [0.25, 0.3) is 0 Å². The van der Waals surface area contributed by atoms with E-state index < -0.39 is 0 Å². The molecule has 27 heavy (non-hydrogen) atoms. The molecule has 4 rings (SSSR count). The van der Waals surface area contributed by atoms with E-state index in [1.54, 1.807) is 0 Å². The van der Waals surface area contributed by atoms with E-state index in [2.05, 4.69) is 48.0 Å². The predicted octanol–water partition coefficient (Wildman–Crippen LogP) is 4.51. The van der Waals surface area contributed by atoms with Crippen molar-refractivity contribution in [1.29, 1.82) is 0 Å². The Morgan fingerprint density at radius 2 is 1.89 bits per heavy atom. The van der Waals surface area contributed by atoms with Crippen LogP contribution in [-0.4, -0.2) is 46.3 Å². The molecule has 0 radical (unpaired) electrons. The molecule has 5 heteroatoms. The zero-order chi connectivity index (χ0) is 18.9. The molecule has 2 aromatic heterocycles. The number of aromatic amines is 1. The van der Waals surface area contributed by atoms with Gasteiger partial charge in [-0.1, -0.05) is 27.2 Å². The number of nitrogens with zero attached hydrogens (tertiary/aromatic N) is 3. The molecule has 2 aromatic rings. The van der Waals surface area contributed by atoms with E-state index in [-0.39, 0.29) is 5.41 Å². The van der Waals surface area contributed by atoms with Crippen LogP contribution in [0.5, 0.6) is 5.75 Å². The third-order valence-corrected chi connectivity index (χ3v) is 5.67. The molecule has 2 aliphatic rings. The molecule has 146 valence electrons. The normalized spacial score (nSPS) is 18.6. The number of rotatable bonds is 6. The second-order valence-corrected chi connectivity index (χ2v) is 9.05. The minimum Gasteiger partial charge on any atom is -0.492 e. The lowest BCUT2D eigenvalue weighted by atomic mass is 9.92. The summed E-state index contributed by atoms with van der Waals surface area (Å²) in [4.78, 5) is 7.21. The predicted molar refractivity (Wildman–Crippen MR) is 108 cm³/mol. The number of ether oxygens (including phenoxy) is 1. The zero-order valence-electron chi connectivity index (χ0n) is 16.9. The van der Waals surface area contributed by atoms with Gasteiger partial charge in [0.05, 0.1) is 5.69 Å². The first kappa shape index (κ1) is 18.5. The zero-order valence-corrected chi connectivity index (χ0v) is 16.9. The molecule has 2 fully saturated rings. The van der Waals surface area contributed by atoms with E-state index in [1.165, 1.54) is 50.8 Å². The molecular weight excluding hydrogens is 336 g/mol. The van der Waals surface area contributed by atoms with Gasteiger partial charge in [-0.3, -0.25) is 15.0 Å². The number of likely N-dealkylation sites (tertiary alicyclic amines) is 1. The SMILES string of the molecule is CC(C)(C)c1cc(-c2cc(OCCN3CCCCC3)c(C3CC3)cn2)n[nH]1. The first-order chi connectivity index (χ1) is 13.0. The monoisotopic (exact) mass is 368 g/mol. The van der Waals surface area contributed by atoms with Crippen LogP contribution >= 0.6 is 0 Å². The lowest BCUT2D eigenvalue weighted by Crippen LogP contribution is -2.33. The Morgan fingerprint density at radius 1 is 1.11 bits per heavy atom. The molecule has 0 atom stereocenters. The van der Waals surface area contributed by atoms with E-state index in [0.29, 0.717) is 5.92 Å². The molecule has 0 bridgehead atoms. The average Bonchev–Trinajstić information content (AvgIpc) is 3.36. The first-order valence-electron chi connectivity index (χ1n) is 10.4. The lowest BCUT2D eigenvalue weighted by molar-refractivity contribution is 0.182. The molecule has 1 aliphatic heterocycles. The molecule has 0 unspecified atom stereocenters. The van der Waals surface area contributed by atoms with Crippen LogP contribution in [0.3, 0.4) is 0 Å². The molecule has 0 spiro atoms. The van der Waals surface area contributed by atoms with E-state index in [1.807, 2.05) is 6.20 Å². The van der Waals surface area contributed by atoms with Gasteiger partial charge >= 0.3 is 0 Å². The number of nitrogens with one attached hydrogen (secondary N) is 1. The van der Waals surface area contributed by atoms with E-state index >= 15 is 0 Å². The fraction of sp³-hybridized carbons (Fsp3) is 0.636. The molecule has 1 N–H and O–H groups in total. The molecule has 1 saturated heterocycles. The molecule has 1 saturated carbocycles. The van der Waals surface area contributed by atoms with E-state index in [4.69, 9.17) is 9.72 Å². The van der Waals surface area contributed by atoms with Gasteiger partial charge in [0, 0.05) is 35.5 Å². The fourth-order valence-corrected chi connectivity index (χ4v) is 3.72. The topological polar surface area (TPSA) is 54.0 Å². The quantitative estimate of drug-likeness (QED) is 0.815. The highest BCUT2D eigenvalue weighted by atomic mass is 16.5. The largest absolute Gasteiger partial charge is 0.492 e. The molecule has 1 aliphatic carbocycles. The summed E-state index contributed by atoms with van der Waals surface area (Å²) in [7, 11) is 0. The van der Waals surface area contributed by atoms with Crippen molar-refractivity contribution in [3.63, 3.8) is 0 Å². The molecule has 5 nitrogen and oxygen atoms in total. The van der Waals surface area contributed by atoms with Crippen LogP contribution in [0.4, 0.5) is 0 Å². The molecule has 0 aromatic carbocycles. The van der Waals surface area contributed by atoms with Gasteiger partial charge < -0.3 is 4.74 Å². The Balaban J connectivity index is 1.49. The first-order valence-corrected chi connectivity index (χ1v) is 10.4. The van der Waals surface area contributed by atoms with Gasteiger partial charge in [-0.25, -0.2) is 0 Å². The van der Waals surface area contributed by atoms with Crippen molar-refractivity contribution in [1.82, 2.24) is 20.1 Å². The van der Waals surface area contributed by atoms with Crippen LogP contribution in [0.25, 0.3) is 11.4 Å². The van der Waals surface area contributed by atoms with Crippen molar-refractivity contribution < 1.29 is 4.74 Å². The van der Waals surface area contributed by atoms with Crippen molar-refractivity contribution >= 4 is 0 Å². The molecular formula is C22H32N4O. The highest BCUT2D eigenvalue weighted by molar-refractivity contribution is 5.58. The number of H-pyrrole nitrogens is 1. The summed E-state index contributed by atoms with van der Waals surface area (Å²) >= 11 is 0. The van der Waals surface area contributed by atoms with Gasteiger partial charge in [0.15, 0.2) is 0 Å². The van der Waals surface area contributed by atoms with Crippen molar-refractivity contribution in [2.24, 2.45) is 0 Å². The Hall–Kier alpha value is -1.88. The Kier molecular flexibility index (Phi) is 5.22. The second kappa shape index (κ2) is 7.63. The maximum absolute atomic E-state index is 6.26. The highest BCUT2D eigenvalue weighted by Gasteiger charge is 2.28. The maximum atomic E-state index is 6.26. The van der Waals surface area contributed by atoms with Gasteiger partial charge in [0.1, 0.15) is 18.1 Å². The van der Waals surface area contributed by atoms with Crippen LogP contribution in [0.15, 0.2) is 18.3 Å². The van der Waals surface area contributed by atoms with E-state index in [9.17, 15) is 0 Å². The van der Waals surface area contributed by atoms with Gasteiger partial charge in [-0.2, -0.15) is 5.10 Å². The van der Waals surface area contributed by atoms with Crippen LogP contribution in [0, 0.1) is 0 Å². The summed E-state index contributed by atoms with van der Waals surface area (Å²) < 4.78 is 6.26. The maximum Gasteiger partial charge on any atom is 0.126 e. The van der Waals surface area contributed by atoms with E-state index in [0.717, 1.165) is 36.0 Å². The van der Waals surface area contributed by atoms with Crippen molar-refractivity contribution in [3.05, 3.63) is 29.6 Å². The summed E-state index contributed by atoms with van der Waals surface area (Å²) in [6.45, 7) is 10.7. The summed E-state index contributed by atoms with van der Waals surface area (Å²) in [5, 5.41) is 7.65. The van der Waals surface area contributed by atoms with Gasteiger partial charge in [-0.15, -0.1) is 0 Å². The molecule has 0 amide bonds. The van der Waals surface area contributed by atoms with Crippen LogP contribution in [-0.2, 0) is 5.41 Å².